The third-order valence-electron chi connectivity index (χ3n) is 3.69. The average molecular weight is 282 g/mol. The monoisotopic (exact) mass is 281 g/mol. The molecule has 0 radical (unpaired) electrons. The van der Waals surface area contributed by atoms with Gasteiger partial charge >= 0.3 is 0 Å². The van der Waals surface area contributed by atoms with Crippen molar-refractivity contribution in [2.75, 3.05) is 11.2 Å². The van der Waals surface area contributed by atoms with E-state index in [0.717, 1.165) is 21.9 Å². The predicted molar refractivity (Wildman–Crippen MR) is 77.5 cm³/mol. The van der Waals surface area contributed by atoms with E-state index in [4.69, 9.17) is 11.6 Å². The fourth-order valence-corrected chi connectivity index (χ4v) is 3.77. The summed E-state index contributed by atoms with van der Waals surface area (Å²) < 4.78 is 0. The maximum atomic E-state index is 6.07. The van der Waals surface area contributed by atoms with Crippen LogP contribution in [0.3, 0.4) is 0 Å². The van der Waals surface area contributed by atoms with Crippen molar-refractivity contribution in [2.24, 2.45) is 5.92 Å². The molecule has 1 aliphatic rings. The van der Waals surface area contributed by atoms with Crippen LogP contribution in [0.5, 0.6) is 0 Å². The summed E-state index contributed by atoms with van der Waals surface area (Å²) in [6, 6.07) is 2.54. The van der Waals surface area contributed by atoms with Crippen LogP contribution in [0, 0.1) is 5.92 Å². The van der Waals surface area contributed by atoms with Gasteiger partial charge in [0.25, 0.3) is 0 Å². The Labute approximate surface area is 116 Å². The molecule has 1 aliphatic carbocycles. The highest BCUT2D eigenvalue weighted by atomic mass is 35.5. The second-order valence-electron chi connectivity index (χ2n) is 4.81. The molecule has 18 heavy (non-hydrogen) atoms. The van der Waals surface area contributed by atoms with Crippen molar-refractivity contribution in [2.45, 2.75) is 31.7 Å². The van der Waals surface area contributed by atoms with E-state index in [1.165, 1.54) is 25.7 Å². The summed E-state index contributed by atoms with van der Waals surface area (Å²) in [7, 11) is 0. The van der Waals surface area contributed by atoms with Crippen LogP contribution in [0.1, 0.15) is 25.7 Å². The zero-order valence-electron chi connectivity index (χ0n) is 10.1. The van der Waals surface area contributed by atoms with E-state index in [-0.39, 0.29) is 0 Å². The van der Waals surface area contributed by atoms with Gasteiger partial charge in [0.05, 0.1) is 5.39 Å². The van der Waals surface area contributed by atoms with Gasteiger partial charge in [0.1, 0.15) is 17.0 Å². The molecule has 2 atom stereocenters. The molecule has 2 heterocycles. The van der Waals surface area contributed by atoms with Crippen molar-refractivity contribution in [1.29, 1.82) is 0 Å². The Kier molecular flexibility index (Phi) is 3.66. The molecular formula is C13H16ClN3S. The van der Waals surface area contributed by atoms with Crippen LogP contribution < -0.4 is 5.32 Å². The lowest BCUT2D eigenvalue weighted by molar-refractivity contribution is 0.353. The second-order valence-corrected chi connectivity index (χ2v) is 6.01. The van der Waals surface area contributed by atoms with E-state index in [2.05, 4.69) is 26.7 Å². The van der Waals surface area contributed by atoms with Gasteiger partial charge in [-0.25, -0.2) is 9.97 Å². The number of halogens is 1. The number of hydrogen-bond donors (Lipinski definition) is 1. The Hall–Kier alpha value is -0.870. The highest BCUT2D eigenvalue weighted by molar-refractivity contribution is 7.16. The molecule has 1 N–H and O–H groups in total. The van der Waals surface area contributed by atoms with Crippen LogP contribution in [0.15, 0.2) is 17.8 Å². The number of aromatic nitrogens is 2. The summed E-state index contributed by atoms with van der Waals surface area (Å²) >= 11 is 7.72. The number of alkyl halides is 1. The Morgan fingerprint density at radius 2 is 2.22 bits per heavy atom. The Morgan fingerprint density at radius 1 is 1.33 bits per heavy atom. The summed E-state index contributed by atoms with van der Waals surface area (Å²) in [5.74, 6) is 2.25. The summed E-state index contributed by atoms with van der Waals surface area (Å²) in [5.41, 5.74) is 0. The van der Waals surface area contributed by atoms with Gasteiger partial charge in [-0.3, -0.25) is 0 Å². The Bertz CT molecular complexity index is 528. The highest BCUT2D eigenvalue weighted by Crippen LogP contribution is 2.30. The molecule has 2 aromatic rings. The zero-order chi connectivity index (χ0) is 12.4. The minimum atomic E-state index is 0.453. The quantitative estimate of drug-likeness (QED) is 0.867. The van der Waals surface area contributed by atoms with E-state index in [1.54, 1.807) is 17.7 Å². The first-order valence-electron chi connectivity index (χ1n) is 6.39. The van der Waals surface area contributed by atoms with Crippen LogP contribution >= 0.6 is 22.9 Å². The van der Waals surface area contributed by atoms with Crippen LogP contribution in [-0.4, -0.2) is 21.9 Å². The maximum absolute atomic E-state index is 6.07. The molecule has 3 nitrogen and oxygen atoms in total. The lowest BCUT2D eigenvalue weighted by Crippen LogP contribution is -2.33. The number of anilines is 1. The van der Waals surface area contributed by atoms with E-state index >= 15 is 0 Å². The average Bonchev–Trinajstić information content (AvgIpc) is 2.89. The van der Waals surface area contributed by atoms with Gasteiger partial charge in [-0.1, -0.05) is 12.8 Å². The highest BCUT2D eigenvalue weighted by Gasteiger charge is 2.25. The molecule has 0 aliphatic heterocycles. The summed E-state index contributed by atoms with van der Waals surface area (Å²) in [6.07, 6.45) is 6.63. The number of nitrogens with one attached hydrogen (secondary N) is 1. The van der Waals surface area contributed by atoms with Crippen molar-refractivity contribution in [3.05, 3.63) is 17.8 Å². The zero-order valence-corrected chi connectivity index (χ0v) is 11.7. The predicted octanol–water partition coefficient (Wildman–Crippen LogP) is 3.90. The van der Waals surface area contributed by atoms with Gasteiger partial charge in [-0.05, 0) is 30.2 Å². The first-order valence-corrected chi connectivity index (χ1v) is 7.80. The SMILES string of the molecule is ClCC1CCCCC1Nc1ncnc2sccc12. The van der Waals surface area contributed by atoms with E-state index in [0.29, 0.717) is 12.0 Å². The van der Waals surface area contributed by atoms with E-state index < -0.39 is 0 Å². The Morgan fingerprint density at radius 3 is 3.11 bits per heavy atom. The minimum absolute atomic E-state index is 0.453. The standard InChI is InChI=1S/C13H16ClN3S/c14-7-9-3-1-2-4-11(9)17-12-10-5-6-18-13(10)16-8-15-12/h5-6,8-9,11H,1-4,7H2,(H,15,16,17). The smallest absolute Gasteiger partial charge is 0.138 e. The largest absolute Gasteiger partial charge is 0.366 e. The number of thiophene rings is 1. The first kappa shape index (κ1) is 12.2. The normalized spacial score (nSPS) is 24.3. The lowest BCUT2D eigenvalue weighted by atomic mass is 9.86. The van der Waals surface area contributed by atoms with Gasteiger partial charge < -0.3 is 5.32 Å². The van der Waals surface area contributed by atoms with Crippen LogP contribution in [-0.2, 0) is 0 Å². The molecule has 3 rings (SSSR count). The first-order chi connectivity index (χ1) is 8.88. The molecule has 0 aromatic carbocycles. The summed E-state index contributed by atoms with van der Waals surface area (Å²) in [5, 5.41) is 6.77. The second kappa shape index (κ2) is 5.41. The maximum Gasteiger partial charge on any atom is 0.138 e. The number of fused-ring (bicyclic) bond motifs is 1. The molecule has 1 fully saturated rings. The van der Waals surface area contributed by atoms with E-state index in [9.17, 15) is 0 Å². The lowest BCUT2D eigenvalue weighted by Gasteiger charge is -2.31. The van der Waals surface area contributed by atoms with Crippen LogP contribution in [0.2, 0.25) is 0 Å². The van der Waals surface area contributed by atoms with Crippen molar-refractivity contribution in [1.82, 2.24) is 9.97 Å². The van der Waals surface area contributed by atoms with Crippen molar-refractivity contribution >= 4 is 39.0 Å². The van der Waals surface area contributed by atoms with Crippen molar-refractivity contribution in [3.63, 3.8) is 0 Å². The van der Waals surface area contributed by atoms with Crippen LogP contribution in [0.25, 0.3) is 10.2 Å². The fraction of sp³-hybridized carbons (Fsp3) is 0.538. The topological polar surface area (TPSA) is 37.8 Å². The molecule has 0 spiro atoms. The molecule has 0 bridgehead atoms. The molecule has 5 heteroatoms. The number of nitrogens with zero attached hydrogens (tertiary/aromatic N) is 2. The minimum Gasteiger partial charge on any atom is -0.366 e. The van der Waals surface area contributed by atoms with E-state index in [1.807, 2.05) is 0 Å². The Balaban J connectivity index is 1.84. The molecule has 1 saturated carbocycles. The van der Waals surface area contributed by atoms with Crippen molar-refractivity contribution in [3.8, 4) is 0 Å². The molecular weight excluding hydrogens is 266 g/mol. The molecule has 2 aromatic heterocycles. The number of hydrogen-bond acceptors (Lipinski definition) is 4. The molecule has 0 amide bonds. The molecule has 2 unspecified atom stereocenters. The van der Waals surface area contributed by atoms with Gasteiger partial charge in [0.15, 0.2) is 0 Å². The number of rotatable bonds is 3. The summed E-state index contributed by atoms with van der Waals surface area (Å²) in [6.45, 7) is 0. The molecule has 96 valence electrons. The third-order valence-corrected chi connectivity index (χ3v) is 4.91. The fourth-order valence-electron chi connectivity index (χ4n) is 2.66. The third kappa shape index (κ3) is 2.31. The summed E-state index contributed by atoms with van der Waals surface area (Å²) in [4.78, 5) is 9.71. The van der Waals surface area contributed by atoms with Crippen molar-refractivity contribution < 1.29 is 0 Å². The van der Waals surface area contributed by atoms with Gasteiger partial charge in [-0.15, -0.1) is 22.9 Å². The van der Waals surface area contributed by atoms with Gasteiger partial charge in [0.2, 0.25) is 0 Å². The van der Waals surface area contributed by atoms with Crippen LogP contribution in [0.4, 0.5) is 5.82 Å². The molecule has 0 saturated heterocycles. The van der Waals surface area contributed by atoms with Gasteiger partial charge in [-0.2, -0.15) is 0 Å². The van der Waals surface area contributed by atoms with Gasteiger partial charge in [0, 0.05) is 11.9 Å².